The van der Waals surface area contributed by atoms with E-state index in [1.165, 1.54) is 27.7 Å². The van der Waals surface area contributed by atoms with E-state index in [1.807, 2.05) is 19.1 Å². The van der Waals surface area contributed by atoms with Crippen LogP contribution in [0, 0.1) is 6.92 Å². The molecule has 0 spiro atoms. The first kappa shape index (κ1) is 19.1. The third kappa shape index (κ3) is 3.56. The van der Waals surface area contributed by atoms with Crippen LogP contribution in [-0.2, 0) is 25.0 Å². The van der Waals surface area contributed by atoms with E-state index in [9.17, 15) is 9.50 Å². The Morgan fingerprint density at radius 2 is 1.89 bits per heavy atom. The molecule has 1 N–H and O–H groups in total. The molecular weight excluding hydrogens is 353 g/mol. The van der Waals surface area contributed by atoms with Gasteiger partial charge in [-0.15, -0.1) is 0 Å². The first-order valence-corrected chi connectivity index (χ1v) is 10.0. The van der Waals surface area contributed by atoms with E-state index in [4.69, 9.17) is 0 Å². The van der Waals surface area contributed by atoms with Crippen molar-refractivity contribution in [1.29, 1.82) is 0 Å². The maximum absolute atomic E-state index is 12.9. The molecule has 4 rings (SSSR count). The van der Waals surface area contributed by atoms with Crippen molar-refractivity contribution in [1.82, 2.24) is 14.5 Å². The Bertz CT molecular complexity index is 965. The van der Waals surface area contributed by atoms with Gasteiger partial charge in [-0.05, 0) is 55.7 Å². The number of pyridine rings is 1. The second-order valence-corrected chi connectivity index (χ2v) is 8.07. The van der Waals surface area contributed by atoms with E-state index in [-0.39, 0.29) is 6.67 Å². The van der Waals surface area contributed by atoms with E-state index in [0.29, 0.717) is 13.1 Å². The Morgan fingerprint density at radius 3 is 2.64 bits per heavy atom. The highest BCUT2D eigenvalue weighted by atomic mass is 19.1. The number of nitrogens with zero attached hydrogens (tertiary/aromatic N) is 3. The zero-order valence-electron chi connectivity index (χ0n) is 16.7. The minimum Gasteiger partial charge on any atom is -0.384 e. The lowest BCUT2D eigenvalue weighted by Gasteiger charge is -2.26. The van der Waals surface area contributed by atoms with E-state index in [2.05, 4.69) is 39.6 Å². The Morgan fingerprint density at radius 1 is 1.14 bits per heavy atom. The lowest BCUT2D eigenvalue weighted by Crippen LogP contribution is -2.30. The third-order valence-electron chi connectivity index (χ3n) is 5.95. The van der Waals surface area contributed by atoms with Crippen LogP contribution < -0.4 is 0 Å². The third-order valence-corrected chi connectivity index (χ3v) is 5.95. The summed E-state index contributed by atoms with van der Waals surface area (Å²) in [5.74, 6) is 0. The molecule has 0 aliphatic carbocycles. The smallest absolute Gasteiger partial charge is 0.105 e. The van der Waals surface area contributed by atoms with Crippen molar-refractivity contribution in [2.45, 2.75) is 38.8 Å². The molecule has 1 unspecified atom stereocenters. The predicted octanol–water partition coefficient (Wildman–Crippen LogP) is 3.62. The lowest BCUT2D eigenvalue weighted by molar-refractivity contribution is 0.0387. The van der Waals surface area contributed by atoms with Gasteiger partial charge in [-0.25, -0.2) is 4.39 Å². The molecule has 5 heteroatoms. The van der Waals surface area contributed by atoms with E-state index >= 15 is 0 Å². The summed E-state index contributed by atoms with van der Waals surface area (Å²) in [5.41, 5.74) is 4.89. The lowest BCUT2D eigenvalue weighted by atomic mass is 9.97. The number of aromatic nitrogens is 2. The normalized spacial score (nSPS) is 17.3. The molecule has 1 atom stereocenters. The summed E-state index contributed by atoms with van der Waals surface area (Å²) in [5, 5.41) is 12.5. The van der Waals surface area contributed by atoms with Gasteiger partial charge >= 0.3 is 0 Å². The largest absolute Gasteiger partial charge is 0.384 e. The van der Waals surface area contributed by atoms with Crippen LogP contribution in [0.15, 0.2) is 42.7 Å². The highest BCUT2D eigenvalue weighted by Gasteiger charge is 2.28. The summed E-state index contributed by atoms with van der Waals surface area (Å²) >= 11 is 0. The van der Waals surface area contributed by atoms with Crippen molar-refractivity contribution in [2.75, 3.05) is 26.3 Å². The summed E-state index contributed by atoms with van der Waals surface area (Å²) in [4.78, 5) is 6.27. The highest BCUT2D eigenvalue weighted by molar-refractivity contribution is 5.86. The van der Waals surface area contributed by atoms with Gasteiger partial charge in [0.1, 0.15) is 12.3 Å². The molecule has 28 heavy (non-hydrogen) atoms. The fourth-order valence-corrected chi connectivity index (χ4v) is 4.44. The second-order valence-electron chi connectivity index (χ2n) is 8.07. The number of hydrogen-bond donors (Lipinski definition) is 1. The Hall–Kier alpha value is -2.24. The minimum absolute atomic E-state index is 0.305. The average Bonchev–Trinajstić information content (AvgIpc) is 2.82. The molecule has 2 aromatic heterocycles. The fraction of sp³-hybridized carbons (Fsp3) is 0.435. The van der Waals surface area contributed by atoms with Crippen LogP contribution in [0.1, 0.15) is 29.3 Å². The van der Waals surface area contributed by atoms with E-state index in [0.717, 1.165) is 31.5 Å². The van der Waals surface area contributed by atoms with Gasteiger partial charge in [0.15, 0.2) is 0 Å². The SMILES string of the molecule is Cc1ccc2c(c1)c1c(n2CC(C)(O)c2ccncc2)CCN(CCF)CC1. The molecule has 0 amide bonds. The predicted molar refractivity (Wildman–Crippen MR) is 110 cm³/mol. The summed E-state index contributed by atoms with van der Waals surface area (Å²) in [6.07, 6.45) is 5.22. The zero-order chi connectivity index (χ0) is 19.7. The topological polar surface area (TPSA) is 41.3 Å². The number of rotatable bonds is 5. The number of alkyl halides is 1. The Balaban J connectivity index is 1.78. The molecule has 1 aliphatic rings. The summed E-state index contributed by atoms with van der Waals surface area (Å²) < 4.78 is 15.2. The Kier molecular flexibility index (Phi) is 5.21. The van der Waals surface area contributed by atoms with Gasteiger partial charge < -0.3 is 14.6 Å². The van der Waals surface area contributed by atoms with Gasteiger partial charge in [-0.2, -0.15) is 0 Å². The first-order chi connectivity index (χ1) is 13.5. The van der Waals surface area contributed by atoms with Crippen LogP contribution in [0.25, 0.3) is 10.9 Å². The molecule has 0 radical (unpaired) electrons. The maximum atomic E-state index is 12.9. The minimum atomic E-state index is -1.00. The number of benzene rings is 1. The summed E-state index contributed by atoms with van der Waals surface area (Å²) in [7, 11) is 0. The van der Waals surface area contributed by atoms with Crippen molar-refractivity contribution in [2.24, 2.45) is 0 Å². The van der Waals surface area contributed by atoms with Crippen molar-refractivity contribution < 1.29 is 9.50 Å². The maximum Gasteiger partial charge on any atom is 0.105 e. The quantitative estimate of drug-likeness (QED) is 0.734. The molecular formula is C23H28FN3O. The fourth-order valence-electron chi connectivity index (χ4n) is 4.44. The zero-order valence-corrected chi connectivity index (χ0v) is 16.7. The monoisotopic (exact) mass is 381 g/mol. The van der Waals surface area contributed by atoms with Crippen LogP contribution in [0.2, 0.25) is 0 Å². The van der Waals surface area contributed by atoms with Gasteiger partial charge in [0.2, 0.25) is 0 Å². The van der Waals surface area contributed by atoms with Crippen molar-refractivity contribution in [3.63, 3.8) is 0 Å². The Labute approximate surface area is 165 Å². The highest BCUT2D eigenvalue weighted by Crippen LogP contribution is 2.33. The molecule has 0 bridgehead atoms. The molecule has 0 saturated carbocycles. The number of hydrogen-bond acceptors (Lipinski definition) is 3. The first-order valence-electron chi connectivity index (χ1n) is 10.0. The van der Waals surface area contributed by atoms with Crippen LogP contribution in [0.3, 0.4) is 0 Å². The standard InChI is InChI=1S/C23H28FN3O/c1-17-3-4-21-20(15-17)19-7-12-26(14-9-24)13-8-22(19)27(21)16-23(2,28)18-5-10-25-11-6-18/h3-6,10-11,15,28H,7-9,12-14,16H2,1-2H3. The van der Waals surface area contributed by atoms with E-state index in [1.54, 1.807) is 12.4 Å². The molecule has 148 valence electrons. The molecule has 0 saturated heterocycles. The van der Waals surface area contributed by atoms with Crippen LogP contribution in [0.4, 0.5) is 4.39 Å². The second kappa shape index (κ2) is 7.64. The van der Waals surface area contributed by atoms with Crippen LogP contribution in [0.5, 0.6) is 0 Å². The van der Waals surface area contributed by atoms with Gasteiger partial charge in [-0.1, -0.05) is 11.6 Å². The van der Waals surface area contributed by atoms with Gasteiger partial charge in [0.05, 0.1) is 6.54 Å². The molecule has 3 aromatic rings. The molecule has 4 nitrogen and oxygen atoms in total. The van der Waals surface area contributed by atoms with Crippen molar-refractivity contribution in [3.05, 3.63) is 65.1 Å². The molecule has 3 heterocycles. The summed E-state index contributed by atoms with van der Waals surface area (Å²) in [6.45, 7) is 6.38. The number of aliphatic hydroxyl groups is 1. The molecule has 1 aliphatic heterocycles. The summed E-state index contributed by atoms with van der Waals surface area (Å²) in [6, 6.07) is 10.3. The van der Waals surface area contributed by atoms with Crippen LogP contribution >= 0.6 is 0 Å². The molecule has 0 fully saturated rings. The number of fused-ring (bicyclic) bond motifs is 3. The van der Waals surface area contributed by atoms with Crippen LogP contribution in [-0.4, -0.2) is 45.9 Å². The number of aryl methyl sites for hydroxylation is 1. The van der Waals surface area contributed by atoms with Crippen molar-refractivity contribution in [3.8, 4) is 0 Å². The van der Waals surface area contributed by atoms with Crippen molar-refractivity contribution >= 4 is 10.9 Å². The number of halogens is 1. The van der Waals surface area contributed by atoms with Gasteiger partial charge in [-0.3, -0.25) is 4.98 Å². The average molecular weight is 381 g/mol. The van der Waals surface area contributed by atoms with E-state index < -0.39 is 5.60 Å². The van der Waals surface area contributed by atoms with Gasteiger partial charge in [0, 0.05) is 55.0 Å². The van der Waals surface area contributed by atoms with Gasteiger partial charge in [0.25, 0.3) is 0 Å². The molecule has 1 aromatic carbocycles.